The van der Waals surface area contributed by atoms with Crippen molar-refractivity contribution in [3.05, 3.63) is 29.8 Å². The molecule has 2 rings (SSSR count). The van der Waals surface area contributed by atoms with Gasteiger partial charge in [-0.15, -0.1) is 0 Å². The summed E-state index contributed by atoms with van der Waals surface area (Å²) in [6.07, 6.45) is 0.444. The van der Waals surface area contributed by atoms with Crippen LogP contribution in [0.4, 0.5) is 5.69 Å². The average Bonchev–Trinajstić information content (AvgIpc) is 2.56. The molecule has 1 saturated heterocycles. The molecule has 1 fully saturated rings. The molecule has 1 heterocycles. The molecule has 22 heavy (non-hydrogen) atoms. The maximum absolute atomic E-state index is 12.0. The van der Waals surface area contributed by atoms with Crippen molar-refractivity contribution in [1.82, 2.24) is 4.90 Å². The molecular formula is C16H22N2O4. The van der Waals surface area contributed by atoms with Gasteiger partial charge in [0, 0.05) is 31.7 Å². The number of esters is 1. The van der Waals surface area contributed by atoms with Gasteiger partial charge in [0.15, 0.2) is 0 Å². The van der Waals surface area contributed by atoms with Gasteiger partial charge in [-0.05, 0) is 31.2 Å². The topological polar surface area (TPSA) is 67.9 Å². The number of ether oxygens (including phenoxy) is 2. The van der Waals surface area contributed by atoms with Crippen LogP contribution < -0.4 is 5.32 Å². The van der Waals surface area contributed by atoms with Crippen molar-refractivity contribution < 1.29 is 19.1 Å². The second-order valence-corrected chi connectivity index (χ2v) is 4.97. The average molecular weight is 306 g/mol. The highest BCUT2D eigenvalue weighted by molar-refractivity contribution is 5.89. The number of carbonyl (C=O) groups is 2. The molecule has 0 unspecified atom stereocenters. The summed E-state index contributed by atoms with van der Waals surface area (Å²) in [4.78, 5) is 25.3. The van der Waals surface area contributed by atoms with E-state index in [9.17, 15) is 9.59 Å². The molecule has 120 valence electrons. The second-order valence-electron chi connectivity index (χ2n) is 4.97. The number of nitrogens with zero attached hydrogens (tertiary/aromatic N) is 1. The Hall–Kier alpha value is -2.08. The van der Waals surface area contributed by atoms with Gasteiger partial charge in [-0.2, -0.15) is 0 Å². The molecule has 0 radical (unpaired) electrons. The van der Waals surface area contributed by atoms with Crippen LogP contribution in [0.25, 0.3) is 0 Å². The minimum absolute atomic E-state index is 0.138. The maximum Gasteiger partial charge on any atom is 0.338 e. The lowest BCUT2D eigenvalue weighted by atomic mass is 10.2. The Labute approximate surface area is 130 Å². The summed E-state index contributed by atoms with van der Waals surface area (Å²) >= 11 is 0. The summed E-state index contributed by atoms with van der Waals surface area (Å²) in [6, 6.07) is 7.05. The minimum atomic E-state index is -0.323. The lowest BCUT2D eigenvalue weighted by Crippen LogP contribution is -2.41. The van der Waals surface area contributed by atoms with Gasteiger partial charge in [-0.1, -0.05) is 0 Å². The standard InChI is InChI=1S/C16H22N2O4/c1-2-22-16(20)13-3-5-14(6-4-13)17-8-7-15(19)18-9-11-21-12-10-18/h3-6,17H,2,7-12H2,1H3. The molecule has 6 heteroatoms. The zero-order chi connectivity index (χ0) is 15.8. The molecular weight excluding hydrogens is 284 g/mol. The van der Waals surface area contributed by atoms with Crippen LogP contribution in [0.3, 0.4) is 0 Å². The minimum Gasteiger partial charge on any atom is -0.462 e. The van der Waals surface area contributed by atoms with E-state index in [0.717, 1.165) is 5.69 Å². The van der Waals surface area contributed by atoms with Gasteiger partial charge in [0.2, 0.25) is 5.91 Å². The fraction of sp³-hybridized carbons (Fsp3) is 0.500. The Bertz CT molecular complexity index is 495. The summed E-state index contributed by atoms with van der Waals surface area (Å²) < 4.78 is 10.2. The van der Waals surface area contributed by atoms with Crippen LogP contribution in [0.1, 0.15) is 23.7 Å². The van der Waals surface area contributed by atoms with E-state index in [-0.39, 0.29) is 11.9 Å². The summed E-state index contributed by atoms with van der Waals surface area (Å²) in [5.74, 6) is -0.185. The number of benzene rings is 1. The second kappa shape index (κ2) is 8.38. The highest BCUT2D eigenvalue weighted by Gasteiger charge is 2.15. The van der Waals surface area contributed by atoms with Crippen molar-refractivity contribution in [1.29, 1.82) is 0 Å². The van der Waals surface area contributed by atoms with E-state index >= 15 is 0 Å². The molecule has 1 N–H and O–H groups in total. The molecule has 1 aliphatic heterocycles. The van der Waals surface area contributed by atoms with Crippen molar-refractivity contribution >= 4 is 17.6 Å². The quantitative estimate of drug-likeness (QED) is 0.807. The van der Waals surface area contributed by atoms with Crippen molar-refractivity contribution in [2.75, 3.05) is 44.8 Å². The fourth-order valence-corrected chi connectivity index (χ4v) is 2.22. The van der Waals surface area contributed by atoms with Gasteiger partial charge in [-0.3, -0.25) is 4.79 Å². The summed E-state index contributed by atoms with van der Waals surface area (Å²) in [5.41, 5.74) is 1.40. The first kappa shape index (κ1) is 16.3. The summed E-state index contributed by atoms with van der Waals surface area (Å²) in [6.45, 7) is 5.29. The van der Waals surface area contributed by atoms with Crippen LogP contribution in [-0.2, 0) is 14.3 Å². The van der Waals surface area contributed by atoms with Gasteiger partial charge in [0.25, 0.3) is 0 Å². The zero-order valence-corrected chi connectivity index (χ0v) is 12.8. The van der Waals surface area contributed by atoms with E-state index in [2.05, 4.69) is 5.32 Å². The van der Waals surface area contributed by atoms with Crippen molar-refractivity contribution in [2.24, 2.45) is 0 Å². The smallest absolute Gasteiger partial charge is 0.338 e. The zero-order valence-electron chi connectivity index (χ0n) is 12.8. The van der Waals surface area contributed by atoms with Crippen LogP contribution >= 0.6 is 0 Å². The van der Waals surface area contributed by atoms with Gasteiger partial charge in [-0.25, -0.2) is 4.79 Å². The largest absolute Gasteiger partial charge is 0.462 e. The first-order valence-electron chi connectivity index (χ1n) is 7.57. The molecule has 0 aliphatic carbocycles. The van der Waals surface area contributed by atoms with Crippen LogP contribution in [0.15, 0.2) is 24.3 Å². The van der Waals surface area contributed by atoms with E-state index in [1.807, 2.05) is 17.0 Å². The number of hydrogen-bond acceptors (Lipinski definition) is 5. The van der Waals surface area contributed by atoms with Gasteiger partial charge in [0.05, 0.1) is 25.4 Å². The summed E-state index contributed by atoms with van der Waals surface area (Å²) in [7, 11) is 0. The van der Waals surface area contributed by atoms with E-state index in [1.54, 1.807) is 19.1 Å². The Morgan fingerprint density at radius 2 is 1.91 bits per heavy atom. The van der Waals surface area contributed by atoms with Crippen LogP contribution in [0.2, 0.25) is 0 Å². The van der Waals surface area contributed by atoms with Gasteiger partial charge < -0.3 is 19.7 Å². The SMILES string of the molecule is CCOC(=O)c1ccc(NCCC(=O)N2CCOCC2)cc1. The third-order valence-electron chi connectivity index (χ3n) is 3.43. The van der Waals surface area contributed by atoms with Crippen LogP contribution in [0.5, 0.6) is 0 Å². The Morgan fingerprint density at radius 3 is 2.55 bits per heavy atom. The van der Waals surface area contributed by atoms with Crippen LogP contribution in [-0.4, -0.2) is 56.2 Å². The number of carbonyl (C=O) groups excluding carboxylic acids is 2. The Balaban J connectivity index is 1.74. The highest BCUT2D eigenvalue weighted by atomic mass is 16.5. The number of morpholine rings is 1. The molecule has 0 spiro atoms. The Morgan fingerprint density at radius 1 is 1.23 bits per heavy atom. The molecule has 0 saturated carbocycles. The monoisotopic (exact) mass is 306 g/mol. The third-order valence-corrected chi connectivity index (χ3v) is 3.43. The molecule has 1 amide bonds. The first-order valence-corrected chi connectivity index (χ1v) is 7.57. The Kier molecular flexibility index (Phi) is 6.21. The third kappa shape index (κ3) is 4.73. The van der Waals surface area contributed by atoms with E-state index in [4.69, 9.17) is 9.47 Å². The number of anilines is 1. The highest BCUT2D eigenvalue weighted by Crippen LogP contribution is 2.11. The van der Waals surface area contributed by atoms with Crippen molar-refractivity contribution in [3.8, 4) is 0 Å². The van der Waals surface area contributed by atoms with Crippen molar-refractivity contribution in [2.45, 2.75) is 13.3 Å². The molecule has 0 aromatic heterocycles. The van der Waals surface area contributed by atoms with E-state index in [0.29, 0.717) is 51.4 Å². The predicted octanol–water partition coefficient (Wildman–Crippen LogP) is 1.52. The number of rotatable bonds is 6. The normalized spacial score (nSPS) is 14.5. The molecule has 1 aliphatic rings. The maximum atomic E-state index is 12.0. The molecule has 6 nitrogen and oxygen atoms in total. The lowest BCUT2D eigenvalue weighted by Gasteiger charge is -2.26. The van der Waals surface area contributed by atoms with Gasteiger partial charge >= 0.3 is 5.97 Å². The number of nitrogens with one attached hydrogen (secondary N) is 1. The predicted molar refractivity (Wildman–Crippen MR) is 82.9 cm³/mol. The molecule has 1 aromatic carbocycles. The fourth-order valence-electron chi connectivity index (χ4n) is 2.22. The number of amides is 1. The van der Waals surface area contributed by atoms with Crippen molar-refractivity contribution in [3.63, 3.8) is 0 Å². The summed E-state index contributed by atoms with van der Waals surface area (Å²) in [5, 5.41) is 3.18. The molecule has 0 bridgehead atoms. The molecule has 1 aromatic rings. The van der Waals surface area contributed by atoms with E-state index in [1.165, 1.54) is 0 Å². The van der Waals surface area contributed by atoms with Crippen LogP contribution in [0, 0.1) is 0 Å². The number of hydrogen-bond donors (Lipinski definition) is 1. The first-order chi connectivity index (χ1) is 10.7. The van der Waals surface area contributed by atoms with E-state index < -0.39 is 0 Å². The van der Waals surface area contributed by atoms with Gasteiger partial charge in [0.1, 0.15) is 0 Å². The lowest BCUT2D eigenvalue weighted by molar-refractivity contribution is -0.134. The molecule has 0 atom stereocenters.